The highest BCUT2D eigenvalue weighted by atomic mass is 32.2. The van der Waals surface area contributed by atoms with Gasteiger partial charge in [0, 0.05) is 32.8 Å². The fourth-order valence-electron chi connectivity index (χ4n) is 3.35. The van der Waals surface area contributed by atoms with E-state index >= 15 is 0 Å². The molecule has 0 spiro atoms. The minimum Gasteiger partial charge on any atom is -0.376 e. The molecular formula is C16H27N3O5S. The van der Waals surface area contributed by atoms with Crippen LogP contribution in [0.1, 0.15) is 38.5 Å². The van der Waals surface area contributed by atoms with E-state index < -0.39 is 21.8 Å². The molecule has 0 aromatic rings. The second kappa shape index (κ2) is 8.01. The van der Waals surface area contributed by atoms with Crippen molar-refractivity contribution in [1.82, 2.24) is 14.9 Å². The molecule has 3 fully saturated rings. The van der Waals surface area contributed by atoms with Gasteiger partial charge in [0.05, 0.1) is 11.4 Å². The van der Waals surface area contributed by atoms with Crippen LogP contribution in [0.5, 0.6) is 0 Å². The van der Waals surface area contributed by atoms with Crippen molar-refractivity contribution in [1.29, 1.82) is 0 Å². The monoisotopic (exact) mass is 373 g/mol. The van der Waals surface area contributed by atoms with E-state index in [-0.39, 0.29) is 17.3 Å². The van der Waals surface area contributed by atoms with Crippen molar-refractivity contribution in [3.05, 3.63) is 0 Å². The third kappa shape index (κ3) is 4.92. The van der Waals surface area contributed by atoms with Crippen LogP contribution < -0.4 is 10.6 Å². The molecule has 2 amide bonds. The standard InChI is InChI=1S/C16H27N3O5S/c20-15(16(21)18-11-13-2-1-9-24-13)17-10-12-5-7-19(8-6-12)25(22,23)14-3-4-14/h12-14H,1-11H2,(H,17,20)(H,18,21). The first-order valence-corrected chi connectivity index (χ1v) is 10.6. The van der Waals surface area contributed by atoms with Crippen LogP contribution in [0.4, 0.5) is 0 Å². The van der Waals surface area contributed by atoms with Crippen molar-refractivity contribution in [2.24, 2.45) is 5.92 Å². The number of hydrogen-bond donors (Lipinski definition) is 2. The fraction of sp³-hybridized carbons (Fsp3) is 0.875. The number of ether oxygens (including phenoxy) is 1. The first-order valence-electron chi connectivity index (χ1n) is 9.13. The zero-order valence-corrected chi connectivity index (χ0v) is 15.2. The van der Waals surface area contributed by atoms with Crippen LogP contribution in [0.3, 0.4) is 0 Å². The second-order valence-corrected chi connectivity index (χ2v) is 9.35. The van der Waals surface area contributed by atoms with Gasteiger partial charge in [-0.15, -0.1) is 0 Å². The Balaban J connectivity index is 1.33. The summed E-state index contributed by atoms with van der Waals surface area (Å²) >= 11 is 0. The fourth-order valence-corrected chi connectivity index (χ4v) is 5.23. The Morgan fingerprint density at radius 1 is 0.960 bits per heavy atom. The predicted molar refractivity (Wildman–Crippen MR) is 91.2 cm³/mol. The highest BCUT2D eigenvalue weighted by Gasteiger charge is 2.41. The Bertz CT molecular complexity index is 591. The molecular weight excluding hydrogens is 346 g/mol. The molecule has 0 radical (unpaired) electrons. The van der Waals surface area contributed by atoms with Gasteiger partial charge in [0.25, 0.3) is 0 Å². The topological polar surface area (TPSA) is 105 Å². The van der Waals surface area contributed by atoms with Crippen LogP contribution in [0.2, 0.25) is 0 Å². The van der Waals surface area contributed by atoms with Crippen LogP contribution in [0.15, 0.2) is 0 Å². The quantitative estimate of drug-likeness (QED) is 0.617. The summed E-state index contributed by atoms with van der Waals surface area (Å²) < 4.78 is 31.3. The molecule has 142 valence electrons. The molecule has 1 unspecified atom stereocenters. The molecule has 3 aliphatic rings. The van der Waals surface area contributed by atoms with E-state index in [2.05, 4.69) is 10.6 Å². The van der Waals surface area contributed by atoms with Crippen molar-refractivity contribution >= 4 is 21.8 Å². The third-order valence-electron chi connectivity index (χ3n) is 5.15. The van der Waals surface area contributed by atoms with Gasteiger partial charge in [0.15, 0.2) is 0 Å². The molecule has 2 N–H and O–H groups in total. The highest BCUT2D eigenvalue weighted by Crippen LogP contribution is 2.32. The van der Waals surface area contributed by atoms with Crippen molar-refractivity contribution in [2.45, 2.75) is 49.9 Å². The van der Waals surface area contributed by atoms with E-state index in [9.17, 15) is 18.0 Å². The van der Waals surface area contributed by atoms with Crippen LogP contribution in [-0.2, 0) is 24.3 Å². The average molecular weight is 373 g/mol. The summed E-state index contributed by atoms with van der Waals surface area (Å²) in [6.07, 6.45) is 4.88. The molecule has 8 nitrogen and oxygen atoms in total. The maximum Gasteiger partial charge on any atom is 0.309 e. The smallest absolute Gasteiger partial charge is 0.309 e. The summed E-state index contributed by atoms with van der Waals surface area (Å²) in [5.74, 6) is -1.06. The maximum atomic E-state index is 12.2. The van der Waals surface area contributed by atoms with E-state index in [0.717, 1.165) is 25.7 Å². The summed E-state index contributed by atoms with van der Waals surface area (Å²) in [6.45, 7) is 2.49. The number of piperidine rings is 1. The maximum absolute atomic E-state index is 12.2. The molecule has 0 aromatic heterocycles. The first-order chi connectivity index (χ1) is 12.0. The SMILES string of the molecule is O=C(NCC1CCN(S(=O)(=O)C2CC2)CC1)C(=O)NCC1CCCO1. The molecule has 1 saturated carbocycles. The number of rotatable bonds is 6. The van der Waals surface area contributed by atoms with Gasteiger partial charge in [-0.25, -0.2) is 12.7 Å². The van der Waals surface area contributed by atoms with Crippen LogP contribution >= 0.6 is 0 Å². The molecule has 1 aliphatic carbocycles. The number of amides is 2. The lowest BCUT2D eigenvalue weighted by atomic mass is 9.98. The molecule has 2 heterocycles. The van der Waals surface area contributed by atoms with Crippen molar-refractivity contribution in [3.8, 4) is 0 Å². The van der Waals surface area contributed by atoms with Gasteiger partial charge in [-0.3, -0.25) is 9.59 Å². The molecule has 2 saturated heterocycles. The lowest BCUT2D eigenvalue weighted by Crippen LogP contribution is -2.46. The molecule has 0 aromatic carbocycles. The normalized spacial score (nSPS) is 25.7. The zero-order chi connectivity index (χ0) is 17.9. The largest absolute Gasteiger partial charge is 0.376 e. The molecule has 0 bridgehead atoms. The molecule has 2 aliphatic heterocycles. The Kier molecular flexibility index (Phi) is 5.96. The van der Waals surface area contributed by atoms with Gasteiger partial charge < -0.3 is 15.4 Å². The number of sulfonamides is 1. The van der Waals surface area contributed by atoms with Gasteiger partial charge >= 0.3 is 11.8 Å². The van der Waals surface area contributed by atoms with Gasteiger partial charge in [-0.1, -0.05) is 0 Å². The van der Waals surface area contributed by atoms with Crippen LogP contribution in [-0.4, -0.2) is 68.7 Å². The Morgan fingerprint density at radius 3 is 2.16 bits per heavy atom. The predicted octanol–water partition coefficient (Wildman–Crippen LogP) is -0.398. The van der Waals surface area contributed by atoms with Gasteiger partial charge in [0.1, 0.15) is 0 Å². The minimum absolute atomic E-state index is 0.00879. The summed E-state index contributed by atoms with van der Waals surface area (Å²) in [5.41, 5.74) is 0. The van der Waals surface area contributed by atoms with E-state index in [1.807, 2.05) is 0 Å². The number of nitrogens with zero attached hydrogens (tertiary/aromatic N) is 1. The van der Waals surface area contributed by atoms with Gasteiger partial charge in [-0.2, -0.15) is 0 Å². The number of carbonyl (C=O) groups is 2. The number of carbonyl (C=O) groups excluding carboxylic acids is 2. The van der Waals surface area contributed by atoms with Crippen molar-refractivity contribution < 1.29 is 22.7 Å². The number of nitrogens with one attached hydrogen (secondary N) is 2. The number of hydrogen-bond acceptors (Lipinski definition) is 5. The van der Waals surface area contributed by atoms with E-state index in [4.69, 9.17) is 4.74 Å². The van der Waals surface area contributed by atoms with Crippen molar-refractivity contribution in [3.63, 3.8) is 0 Å². The summed E-state index contributed by atoms with van der Waals surface area (Å²) in [7, 11) is -3.10. The Morgan fingerprint density at radius 2 is 1.60 bits per heavy atom. The van der Waals surface area contributed by atoms with E-state index in [1.165, 1.54) is 0 Å². The summed E-state index contributed by atoms with van der Waals surface area (Å²) in [6, 6.07) is 0. The van der Waals surface area contributed by atoms with Crippen LogP contribution in [0.25, 0.3) is 0 Å². The summed E-state index contributed by atoms with van der Waals surface area (Å²) in [5, 5.41) is 5.08. The highest BCUT2D eigenvalue weighted by molar-refractivity contribution is 7.90. The van der Waals surface area contributed by atoms with Crippen molar-refractivity contribution in [2.75, 3.05) is 32.8 Å². The Labute approximate surface area is 148 Å². The van der Waals surface area contributed by atoms with Crippen LogP contribution in [0, 0.1) is 5.92 Å². The van der Waals surface area contributed by atoms with Gasteiger partial charge in [-0.05, 0) is 44.4 Å². The minimum atomic E-state index is -3.10. The zero-order valence-electron chi connectivity index (χ0n) is 14.4. The Hall–Kier alpha value is -1.19. The lowest BCUT2D eigenvalue weighted by molar-refractivity contribution is -0.139. The summed E-state index contributed by atoms with van der Waals surface area (Å²) in [4.78, 5) is 23.6. The molecule has 9 heteroatoms. The average Bonchev–Trinajstić information content (AvgIpc) is 3.36. The first kappa shape index (κ1) is 18.6. The van der Waals surface area contributed by atoms with E-state index in [0.29, 0.717) is 45.6 Å². The molecule has 25 heavy (non-hydrogen) atoms. The third-order valence-corrected chi connectivity index (χ3v) is 7.55. The second-order valence-electron chi connectivity index (χ2n) is 7.14. The lowest BCUT2D eigenvalue weighted by Gasteiger charge is -2.31. The molecule has 3 rings (SSSR count). The van der Waals surface area contributed by atoms with E-state index in [1.54, 1.807) is 4.31 Å². The van der Waals surface area contributed by atoms with Gasteiger partial charge in [0.2, 0.25) is 10.0 Å². The molecule has 1 atom stereocenters.